The average Bonchev–Trinajstić information content (AvgIpc) is 2.27. The first-order valence-electron chi connectivity index (χ1n) is 4.96. The van der Waals surface area contributed by atoms with Crippen LogP contribution in [0.3, 0.4) is 0 Å². The molecule has 1 aromatic rings. The molecule has 0 aliphatic carbocycles. The third kappa shape index (κ3) is 2.82. The molecule has 0 unspecified atom stereocenters. The van der Waals surface area contributed by atoms with Gasteiger partial charge in [-0.25, -0.2) is 0 Å². The highest BCUT2D eigenvalue weighted by Gasteiger charge is 2.11. The Morgan fingerprint density at radius 1 is 1.06 bits per heavy atom. The van der Waals surface area contributed by atoms with Gasteiger partial charge in [-0.3, -0.25) is 0 Å². The molecule has 0 aromatic heterocycles. The second-order valence-electron chi connectivity index (χ2n) is 3.30. The summed E-state index contributed by atoms with van der Waals surface area (Å²) in [6.07, 6.45) is 0. The van der Waals surface area contributed by atoms with Crippen molar-refractivity contribution in [1.82, 2.24) is 0 Å². The zero-order chi connectivity index (χ0) is 12.0. The highest BCUT2D eigenvalue weighted by molar-refractivity contribution is 6.47. The topological polar surface area (TPSA) is 43.2 Å². The normalized spacial score (nSPS) is 12.5. The number of nitrogens with zero attached hydrogens (tertiary/aromatic N) is 2. The molecule has 0 atom stereocenters. The van der Waals surface area contributed by atoms with Crippen molar-refractivity contribution in [2.24, 2.45) is 10.3 Å². The summed E-state index contributed by atoms with van der Waals surface area (Å²) in [6, 6.07) is 7.92. The monoisotopic (exact) mass is 220 g/mol. The lowest BCUT2D eigenvalue weighted by atomic mass is 10.0. The van der Waals surface area contributed by atoms with Gasteiger partial charge >= 0.3 is 0 Å². The Morgan fingerprint density at radius 3 is 2.25 bits per heavy atom. The van der Waals surface area contributed by atoms with Gasteiger partial charge in [-0.05, 0) is 19.4 Å². The van der Waals surface area contributed by atoms with Crippen LogP contribution in [-0.4, -0.2) is 25.6 Å². The molecule has 0 N–H and O–H groups in total. The number of rotatable bonds is 4. The van der Waals surface area contributed by atoms with Crippen LogP contribution in [0.2, 0.25) is 0 Å². The van der Waals surface area contributed by atoms with E-state index in [0.29, 0.717) is 11.4 Å². The number of hydrogen-bond acceptors (Lipinski definition) is 4. The molecule has 86 valence electrons. The Balaban J connectivity index is 3.19. The lowest BCUT2D eigenvalue weighted by Gasteiger charge is -2.07. The standard InChI is InChI=1S/C12H16N2O2/c1-9-7-5-6-8-11(9)12(14-16-4)10(2)13-15-3/h5-8H,1-4H3. The second-order valence-corrected chi connectivity index (χ2v) is 3.30. The highest BCUT2D eigenvalue weighted by Crippen LogP contribution is 2.10. The van der Waals surface area contributed by atoms with Gasteiger partial charge in [0, 0.05) is 5.56 Å². The van der Waals surface area contributed by atoms with Gasteiger partial charge in [0.1, 0.15) is 25.6 Å². The predicted molar refractivity (Wildman–Crippen MR) is 64.8 cm³/mol. The Bertz CT molecular complexity index is 411. The van der Waals surface area contributed by atoms with Crippen LogP contribution in [0.1, 0.15) is 18.1 Å². The molecule has 0 spiro atoms. The first-order valence-corrected chi connectivity index (χ1v) is 4.96. The molecular formula is C12H16N2O2. The lowest BCUT2D eigenvalue weighted by molar-refractivity contribution is 0.210. The van der Waals surface area contributed by atoms with Crippen LogP contribution in [-0.2, 0) is 9.68 Å². The van der Waals surface area contributed by atoms with Crippen molar-refractivity contribution in [3.8, 4) is 0 Å². The van der Waals surface area contributed by atoms with Gasteiger partial charge in [0.15, 0.2) is 0 Å². The van der Waals surface area contributed by atoms with Gasteiger partial charge in [0.05, 0.1) is 0 Å². The molecule has 4 heteroatoms. The van der Waals surface area contributed by atoms with Gasteiger partial charge in [-0.2, -0.15) is 0 Å². The minimum Gasteiger partial charge on any atom is -0.399 e. The van der Waals surface area contributed by atoms with E-state index in [-0.39, 0.29) is 0 Å². The van der Waals surface area contributed by atoms with E-state index in [4.69, 9.17) is 9.68 Å². The van der Waals surface area contributed by atoms with E-state index in [1.807, 2.05) is 38.1 Å². The Labute approximate surface area is 95.5 Å². The molecule has 0 heterocycles. The smallest absolute Gasteiger partial charge is 0.134 e. The van der Waals surface area contributed by atoms with Crippen molar-refractivity contribution in [2.45, 2.75) is 13.8 Å². The second kappa shape index (κ2) is 5.90. The van der Waals surface area contributed by atoms with Crippen LogP contribution < -0.4 is 0 Å². The van der Waals surface area contributed by atoms with Gasteiger partial charge in [0.25, 0.3) is 0 Å². The highest BCUT2D eigenvalue weighted by atomic mass is 16.6. The number of oxime groups is 2. The van der Waals surface area contributed by atoms with Gasteiger partial charge in [0.2, 0.25) is 0 Å². The van der Waals surface area contributed by atoms with E-state index in [1.54, 1.807) is 0 Å². The first-order chi connectivity index (χ1) is 7.70. The summed E-state index contributed by atoms with van der Waals surface area (Å²) in [5.41, 5.74) is 3.47. The van der Waals surface area contributed by atoms with E-state index in [9.17, 15) is 0 Å². The molecule has 0 fully saturated rings. The molecule has 0 bridgehead atoms. The molecule has 0 saturated heterocycles. The molecule has 1 rings (SSSR count). The summed E-state index contributed by atoms with van der Waals surface area (Å²) in [6.45, 7) is 3.84. The number of benzene rings is 1. The van der Waals surface area contributed by atoms with E-state index in [0.717, 1.165) is 11.1 Å². The van der Waals surface area contributed by atoms with Gasteiger partial charge < -0.3 is 9.68 Å². The average molecular weight is 220 g/mol. The molecular weight excluding hydrogens is 204 g/mol. The summed E-state index contributed by atoms with van der Waals surface area (Å²) in [5, 5.41) is 7.85. The Morgan fingerprint density at radius 2 is 1.69 bits per heavy atom. The third-order valence-corrected chi connectivity index (χ3v) is 2.15. The fourth-order valence-electron chi connectivity index (χ4n) is 1.42. The fraction of sp³-hybridized carbons (Fsp3) is 0.333. The molecule has 0 saturated carbocycles. The Kier molecular flexibility index (Phi) is 4.51. The van der Waals surface area contributed by atoms with Crippen molar-refractivity contribution >= 4 is 11.4 Å². The minimum absolute atomic E-state index is 0.679. The van der Waals surface area contributed by atoms with Gasteiger partial charge in [-0.1, -0.05) is 34.6 Å². The maximum Gasteiger partial charge on any atom is 0.134 e. The summed E-state index contributed by atoms with van der Waals surface area (Å²) in [5.74, 6) is 0. The van der Waals surface area contributed by atoms with Crippen molar-refractivity contribution in [2.75, 3.05) is 14.2 Å². The van der Waals surface area contributed by atoms with Crippen LogP contribution in [0.15, 0.2) is 34.6 Å². The number of hydrogen-bond donors (Lipinski definition) is 0. The van der Waals surface area contributed by atoms with E-state index in [2.05, 4.69) is 10.3 Å². The molecule has 4 nitrogen and oxygen atoms in total. The van der Waals surface area contributed by atoms with Crippen molar-refractivity contribution in [1.29, 1.82) is 0 Å². The molecule has 16 heavy (non-hydrogen) atoms. The molecule has 0 aliphatic rings. The maximum absolute atomic E-state index is 4.83. The van der Waals surface area contributed by atoms with Crippen molar-refractivity contribution in [3.63, 3.8) is 0 Å². The zero-order valence-electron chi connectivity index (χ0n) is 10.0. The largest absolute Gasteiger partial charge is 0.399 e. The van der Waals surface area contributed by atoms with Crippen LogP contribution in [0.5, 0.6) is 0 Å². The summed E-state index contributed by atoms with van der Waals surface area (Å²) >= 11 is 0. The van der Waals surface area contributed by atoms with E-state index < -0.39 is 0 Å². The van der Waals surface area contributed by atoms with Crippen LogP contribution in [0, 0.1) is 6.92 Å². The minimum atomic E-state index is 0.679. The van der Waals surface area contributed by atoms with Crippen LogP contribution in [0.4, 0.5) is 0 Å². The third-order valence-electron chi connectivity index (χ3n) is 2.15. The molecule has 0 amide bonds. The SMILES string of the molecule is CON=C(C)C(=NOC)c1ccccc1C. The van der Waals surface area contributed by atoms with Crippen LogP contribution in [0.25, 0.3) is 0 Å². The first kappa shape index (κ1) is 12.2. The lowest BCUT2D eigenvalue weighted by Crippen LogP contribution is -2.14. The van der Waals surface area contributed by atoms with Gasteiger partial charge in [-0.15, -0.1) is 0 Å². The molecule has 1 aromatic carbocycles. The maximum atomic E-state index is 4.83. The van der Waals surface area contributed by atoms with Crippen molar-refractivity contribution < 1.29 is 9.68 Å². The summed E-state index contributed by atoms with van der Waals surface area (Å²) in [7, 11) is 3.02. The Hall–Kier alpha value is -1.84. The molecule has 0 radical (unpaired) electrons. The zero-order valence-corrected chi connectivity index (χ0v) is 10.0. The van der Waals surface area contributed by atoms with E-state index in [1.165, 1.54) is 14.2 Å². The van der Waals surface area contributed by atoms with Crippen LogP contribution >= 0.6 is 0 Å². The fourth-order valence-corrected chi connectivity index (χ4v) is 1.42. The predicted octanol–water partition coefficient (Wildman–Crippen LogP) is 2.37. The summed E-state index contributed by atoms with van der Waals surface area (Å²) in [4.78, 5) is 9.58. The summed E-state index contributed by atoms with van der Waals surface area (Å²) < 4.78 is 0. The van der Waals surface area contributed by atoms with E-state index >= 15 is 0 Å². The quantitative estimate of drug-likeness (QED) is 0.577. The molecule has 0 aliphatic heterocycles. The number of aryl methyl sites for hydroxylation is 1. The van der Waals surface area contributed by atoms with Crippen molar-refractivity contribution in [3.05, 3.63) is 35.4 Å².